The monoisotopic (exact) mass is 321 g/mol. The second-order valence-electron chi connectivity index (χ2n) is 4.54. The third-order valence-electron chi connectivity index (χ3n) is 3.00. The van der Waals surface area contributed by atoms with E-state index in [4.69, 9.17) is 4.42 Å². The van der Waals surface area contributed by atoms with E-state index in [9.17, 15) is 4.79 Å². The molecule has 3 nitrogen and oxygen atoms in total. The molecule has 1 amide bonds. The highest BCUT2D eigenvalue weighted by Gasteiger charge is 2.17. The molecule has 0 bridgehead atoms. The molecule has 0 aliphatic rings. The smallest absolute Gasteiger partial charge is 0.255 e. The zero-order valence-electron chi connectivity index (χ0n) is 11.2. The summed E-state index contributed by atoms with van der Waals surface area (Å²) in [6, 6.07) is 9.55. The summed E-state index contributed by atoms with van der Waals surface area (Å²) in [4.78, 5) is 12.2. The van der Waals surface area contributed by atoms with Gasteiger partial charge in [0, 0.05) is 4.47 Å². The summed E-state index contributed by atoms with van der Waals surface area (Å²) < 4.78 is 6.37. The van der Waals surface area contributed by atoms with E-state index in [1.54, 1.807) is 13.0 Å². The molecule has 4 heteroatoms. The second kappa shape index (κ2) is 5.61. The van der Waals surface area contributed by atoms with Crippen molar-refractivity contribution < 1.29 is 9.21 Å². The van der Waals surface area contributed by atoms with Gasteiger partial charge in [0.15, 0.2) is 0 Å². The topological polar surface area (TPSA) is 42.2 Å². The lowest BCUT2D eigenvalue weighted by Gasteiger charge is -2.15. The Bertz CT molecular complexity index is 604. The van der Waals surface area contributed by atoms with Crippen molar-refractivity contribution in [3.05, 3.63) is 57.5 Å². The summed E-state index contributed by atoms with van der Waals surface area (Å²) in [5.41, 5.74) is 1.64. The van der Waals surface area contributed by atoms with Gasteiger partial charge in [0.1, 0.15) is 11.5 Å². The first-order valence-corrected chi connectivity index (χ1v) is 6.90. The van der Waals surface area contributed by atoms with Gasteiger partial charge in [-0.15, -0.1) is 0 Å². The third kappa shape index (κ3) is 3.07. The zero-order chi connectivity index (χ0) is 14.0. The number of nitrogens with one attached hydrogen (secondary N) is 1. The molecular weight excluding hydrogens is 306 g/mol. The number of furan rings is 1. The van der Waals surface area contributed by atoms with Gasteiger partial charge in [-0.2, -0.15) is 0 Å². The van der Waals surface area contributed by atoms with Crippen LogP contribution in [-0.2, 0) is 0 Å². The average molecular weight is 322 g/mol. The lowest BCUT2D eigenvalue weighted by atomic mass is 10.1. The molecule has 100 valence electrons. The molecule has 0 fully saturated rings. The molecule has 1 heterocycles. The summed E-state index contributed by atoms with van der Waals surface area (Å²) in [6.07, 6.45) is 0. The number of halogens is 1. The molecular formula is C15H16BrNO2. The van der Waals surface area contributed by atoms with Crippen LogP contribution < -0.4 is 5.32 Å². The molecule has 1 atom stereocenters. The Labute approximate surface area is 121 Å². The first-order valence-electron chi connectivity index (χ1n) is 6.11. The standard InChI is InChI=1S/C15H16BrNO2/c1-9-8-13(11(3)19-9)15(18)17-10(2)12-6-4-5-7-14(12)16/h4-8,10H,1-3H3,(H,17,18). The minimum atomic E-state index is -0.113. The number of hydrogen-bond acceptors (Lipinski definition) is 2. The van der Waals surface area contributed by atoms with E-state index >= 15 is 0 Å². The SMILES string of the molecule is Cc1cc(C(=O)NC(C)c2ccccc2Br)c(C)o1. The van der Waals surface area contributed by atoms with Crippen LogP contribution in [0.3, 0.4) is 0 Å². The quantitative estimate of drug-likeness (QED) is 0.922. The second-order valence-corrected chi connectivity index (χ2v) is 5.40. The fourth-order valence-corrected chi connectivity index (χ4v) is 2.66. The van der Waals surface area contributed by atoms with Crippen LogP contribution in [0.25, 0.3) is 0 Å². The van der Waals surface area contributed by atoms with Crippen LogP contribution in [0.4, 0.5) is 0 Å². The number of hydrogen-bond donors (Lipinski definition) is 1. The summed E-state index contributed by atoms with van der Waals surface area (Å²) in [7, 11) is 0. The van der Waals surface area contributed by atoms with E-state index < -0.39 is 0 Å². The van der Waals surface area contributed by atoms with Gasteiger partial charge < -0.3 is 9.73 Å². The molecule has 0 saturated carbocycles. The van der Waals surface area contributed by atoms with Crippen molar-refractivity contribution in [3.8, 4) is 0 Å². The van der Waals surface area contributed by atoms with Gasteiger partial charge in [-0.3, -0.25) is 4.79 Å². The summed E-state index contributed by atoms with van der Waals surface area (Å²) >= 11 is 3.49. The van der Waals surface area contributed by atoms with Crippen molar-refractivity contribution in [1.82, 2.24) is 5.32 Å². The van der Waals surface area contributed by atoms with Gasteiger partial charge >= 0.3 is 0 Å². The highest BCUT2D eigenvalue weighted by Crippen LogP contribution is 2.23. The van der Waals surface area contributed by atoms with E-state index in [1.807, 2.05) is 38.1 Å². The fourth-order valence-electron chi connectivity index (χ4n) is 2.03. The maximum atomic E-state index is 12.2. The molecule has 2 rings (SSSR count). The fraction of sp³-hybridized carbons (Fsp3) is 0.267. The van der Waals surface area contributed by atoms with Gasteiger partial charge in [-0.05, 0) is 38.5 Å². The number of benzene rings is 1. The maximum absolute atomic E-state index is 12.2. The molecule has 2 aromatic rings. The van der Waals surface area contributed by atoms with Gasteiger partial charge in [0.05, 0.1) is 11.6 Å². The maximum Gasteiger partial charge on any atom is 0.255 e. The van der Waals surface area contributed by atoms with Gasteiger partial charge in [0.25, 0.3) is 5.91 Å². The lowest BCUT2D eigenvalue weighted by molar-refractivity contribution is 0.0938. The number of carbonyl (C=O) groups excluding carboxylic acids is 1. The number of rotatable bonds is 3. The minimum absolute atomic E-state index is 0.0716. The van der Waals surface area contributed by atoms with Crippen LogP contribution in [0.2, 0.25) is 0 Å². The highest BCUT2D eigenvalue weighted by atomic mass is 79.9. The molecule has 1 N–H and O–H groups in total. The van der Waals surface area contributed by atoms with Crippen molar-refractivity contribution >= 4 is 21.8 Å². The summed E-state index contributed by atoms with van der Waals surface area (Å²) in [5, 5.41) is 2.98. The van der Waals surface area contributed by atoms with Crippen LogP contribution >= 0.6 is 15.9 Å². The minimum Gasteiger partial charge on any atom is -0.466 e. The normalized spacial score (nSPS) is 12.2. The Morgan fingerprint density at radius 3 is 2.58 bits per heavy atom. The highest BCUT2D eigenvalue weighted by molar-refractivity contribution is 9.10. The van der Waals surface area contributed by atoms with Crippen molar-refractivity contribution in [2.75, 3.05) is 0 Å². The van der Waals surface area contributed by atoms with Gasteiger partial charge in [0.2, 0.25) is 0 Å². The predicted octanol–water partition coefficient (Wildman–Crippen LogP) is 4.15. The first-order chi connectivity index (χ1) is 8.99. The Morgan fingerprint density at radius 1 is 1.32 bits per heavy atom. The Hall–Kier alpha value is -1.55. The number of amides is 1. The zero-order valence-corrected chi connectivity index (χ0v) is 12.7. The molecule has 0 radical (unpaired) electrons. The Kier molecular flexibility index (Phi) is 4.10. The van der Waals surface area contributed by atoms with E-state index in [1.165, 1.54) is 0 Å². The van der Waals surface area contributed by atoms with E-state index in [0.29, 0.717) is 11.3 Å². The van der Waals surface area contributed by atoms with E-state index in [2.05, 4.69) is 21.2 Å². The van der Waals surface area contributed by atoms with Crippen LogP contribution in [0.5, 0.6) is 0 Å². The Balaban J connectivity index is 2.15. The van der Waals surface area contributed by atoms with Crippen LogP contribution in [0.1, 0.15) is 40.4 Å². The molecule has 1 aromatic carbocycles. The third-order valence-corrected chi connectivity index (χ3v) is 3.73. The van der Waals surface area contributed by atoms with E-state index in [-0.39, 0.29) is 11.9 Å². The van der Waals surface area contributed by atoms with Crippen LogP contribution in [0.15, 0.2) is 39.2 Å². The molecule has 1 aromatic heterocycles. The predicted molar refractivity (Wildman–Crippen MR) is 78.2 cm³/mol. The summed E-state index contributed by atoms with van der Waals surface area (Å²) in [6.45, 7) is 5.59. The average Bonchev–Trinajstić information content (AvgIpc) is 2.69. The summed E-state index contributed by atoms with van der Waals surface area (Å²) in [5.74, 6) is 1.28. The van der Waals surface area contributed by atoms with Gasteiger partial charge in [-0.25, -0.2) is 0 Å². The van der Waals surface area contributed by atoms with Gasteiger partial charge in [-0.1, -0.05) is 34.1 Å². The Morgan fingerprint density at radius 2 is 2.00 bits per heavy atom. The van der Waals surface area contributed by atoms with Crippen LogP contribution in [-0.4, -0.2) is 5.91 Å². The largest absolute Gasteiger partial charge is 0.466 e. The van der Waals surface area contributed by atoms with Crippen molar-refractivity contribution in [1.29, 1.82) is 0 Å². The van der Waals surface area contributed by atoms with Crippen molar-refractivity contribution in [2.24, 2.45) is 0 Å². The molecule has 0 aliphatic carbocycles. The molecule has 19 heavy (non-hydrogen) atoms. The molecule has 1 unspecified atom stereocenters. The molecule has 0 spiro atoms. The van der Waals surface area contributed by atoms with Crippen LogP contribution in [0, 0.1) is 13.8 Å². The molecule has 0 saturated heterocycles. The number of carbonyl (C=O) groups is 1. The number of aryl methyl sites for hydroxylation is 2. The lowest BCUT2D eigenvalue weighted by Crippen LogP contribution is -2.27. The van der Waals surface area contributed by atoms with Crippen molar-refractivity contribution in [2.45, 2.75) is 26.8 Å². The van der Waals surface area contributed by atoms with E-state index in [0.717, 1.165) is 15.8 Å². The first kappa shape index (κ1) is 13.9. The molecule has 0 aliphatic heterocycles. The van der Waals surface area contributed by atoms with Crippen molar-refractivity contribution in [3.63, 3.8) is 0 Å².